The third-order valence-electron chi connectivity index (χ3n) is 2.11. The van der Waals surface area contributed by atoms with Crippen LogP contribution < -0.4 is 10.5 Å². The quantitative estimate of drug-likeness (QED) is 0.648. The molecule has 2 N–H and O–H groups in total. The average Bonchev–Trinajstić information content (AvgIpc) is 2.23. The molecule has 5 heteroatoms. The van der Waals surface area contributed by atoms with E-state index < -0.39 is 17.4 Å². The monoisotopic (exact) mass is 241 g/mol. The van der Waals surface area contributed by atoms with Gasteiger partial charge in [0.25, 0.3) is 0 Å². The van der Waals surface area contributed by atoms with Crippen molar-refractivity contribution >= 4 is 11.7 Å². The van der Waals surface area contributed by atoms with Gasteiger partial charge >= 0.3 is 5.97 Å². The fraction of sp³-hybridized carbons (Fsp3) is 0.417. The lowest BCUT2D eigenvalue weighted by atomic mass is 10.1. The third-order valence-corrected chi connectivity index (χ3v) is 2.11. The number of carbonyl (C=O) groups excluding carboxylic acids is 1. The molecular weight excluding hydrogens is 225 g/mol. The Balaban J connectivity index is 2.82. The van der Waals surface area contributed by atoms with Crippen LogP contribution in [0.3, 0.4) is 0 Å². The Morgan fingerprint density at radius 2 is 2.12 bits per heavy atom. The van der Waals surface area contributed by atoms with Gasteiger partial charge < -0.3 is 15.2 Å². The number of ether oxygens (including phenoxy) is 2. The highest BCUT2D eigenvalue weighted by Crippen LogP contribution is 2.23. The summed E-state index contributed by atoms with van der Waals surface area (Å²) < 4.78 is 23.4. The molecule has 0 saturated heterocycles. The molecule has 94 valence electrons. The molecule has 0 heterocycles. The second-order valence-electron chi connectivity index (χ2n) is 4.02. The zero-order chi connectivity index (χ0) is 13.1. The molecule has 0 aliphatic heterocycles. The molecule has 0 aromatic heterocycles. The van der Waals surface area contributed by atoms with Crippen LogP contribution in [0.25, 0.3) is 0 Å². The van der Waals surface area contributed by atoms with E-state index in [1.807, 2.05) is 0 Å². The topological polar surface area (TPSA) is 61.5 Å². The van der Waals surface area contributed by atoms with Gasteiger partial charge in [-0.15, -0.1) is 0 Å². The highest BCUT2D eigenvalue weighted by molar-refractivity contribution is 5.79. The minimum Gasteiger partial charge on any atom is -0.476 e. The SMILES string of the molecule is CCOC(=O)C(C)(C)Oc1ccc(N)c(F)c1. The molecule has 0 unspecified atom stereocenters. The summed E-state index contributed by atoms with van der Waals surface area (Å²) in [5.74, 6) is -0.853. The summed E-state index contributed by atoms with van der Waals surface area (Å²) in [4.78, 5) is 11.6. The zero-order valence-corrected chi connectivity index (χ0v) is 10.1. The molecule has 0 amide bonds. The van der Waals surface area contributed by atoms with Crippen LogP contribution in [0.1, 0.15) is 20.8 Å². The van der Waals surface area contributed by atoms with Crippen molar-refractivity contribution in [1.29, 1.82) is 0 Å². The Morgan fingerprint density at radius 1 is 1.47 bits per heavy atom. The van der Waals surface area contributed by atoms with E-state index in [-0.39, 0.29) is 18.0 Å². The fourth-order valence-electron chi connectivity index (χ4n) is 1.21. The molecule has 1 aromatic carbocycles. The van der Waals surface area contributed by atoms with Crippen molar-refractivity contribution in [2.45, 2.75) is 26.4 Å². The summed E-state index contributed by atoms with van der Waals surface area (Å²) in [6.07, 6.45) is 0. The van der Waals surface area contributed by atoms with Crippen LogP contribution in [0.4, 0.5) is 10.1 Å². The molecule has 0 aliphatic rings. The van der Waals surface area contributed by atoms with Crippen LogP contribution in [0.5, 0.6) is 5.75 Å². The number of rotatable bonds is 4. The largest absolute Gasteiger partial charge is 0.476 e. The number of hydrogen-bond donors (Lipinski definition) is 1. The van der Waals surface area contributed by atoms with Gasteiger partial charge in [-0.1, -0.05) is 0 Å². The number of nitrogen functional groups attached to an aromatic ring is 1. The Kier molecular flexibility index (Phi) is 3.93. The normalized spacial score (nSPS) is 11.1. The van der Waals surface area contributed by atoms with Gasteiger partial charge in [-0.3, -0.25) is 0 Å². The number of hydrogen-bond acceptors (Lipinski definition) is 4. The smallest absolute Gasteiger partial charge is 0.349 e. The van der Waals surface area contributed by atoms with Gasteiger partial charge in [-0.25, -0.2) is 9.18 Å². The number of anilines is 1. The van der Waals surface area contributed by atoms with Crippen molar-refractivity contribution in [1.82, 2.24) is 0 Å². The highest BCUT2D eigenvalue weighted by atomic mass is 19.1. The Morgan fingerprint density at radius 3 is 2.65 bits per heavy atom. The van der Waals surface area contributed by atoms with E-state index in [0.29, 0.717) is 0 Å². The lowest BCUT2D eigenvalue weighted by Crippen LogP contribution is -2.39. The minimum atomic E-state index is -1.17. The van der Waals surface area contributed by atoms with E-state index in [0.717, 1.165) is 6.07 Å². The van der Waals surface area contributed by atoms with Crippen molar-refractivity contribution in [2.24, 2.45) is 0 Å². The third kappa shape index (κ3) is 3.34. The maximum Gasteiger partial charge on any atom is 0.349 e. The first-order valence-corrected chi connectivity index (χ1v) is 5.28. The van der Waals surface area contributed by atoms with E-state index >= 15 is 0 Å². The standard InChI is InChI=1S/C12H16FNO3/c1-4-16-11(15)12(2,3)17-8-5-6-10(14)9(13)7-8/h5-7H,4,14H2,1-3H3. The molecule has 0 radical (unpaired) electrons. The van der Waals surface area contributed by atoms with Gasteiger partial charge in [0.2, 0.25) is 0 Å². The first kappa shape index (κ1) is 13.3. The second-order valence-corrected chi connectivity index (χ2v) is 4.02. The fourth-order valence-corrected chi connectivity index (χ4v) is 1.21. The van der Waals surface area contributed by atoms with E-state index in [2.05, 4.69) is 0 Å². The van der Waals surface area contributed by atoms with E-state index in [1.165, 1.54) is 12.1 Å². The van der Waals surface area contributed by atoms with E-state index in [9.17, 15) is 9.18 Å². The van der Waals surface area contributed by atoms with Crippen LogP contribution in [0.2, 0.25) is 0 Å². The summed E-state index contributed by atoms with van der Waals surface area (Å²) in [5, 5.41) is 0. The predicted molar refractivity (Wildman–Crippen MR) is 62.2 cm³/mol. The molecule has 1 aromatic rings. The van der Waals surface area contributed by atoms with Gasteiger partial charge in [-0.05, 0) is 32.9 Å². The van der Waals surface area contributed by atoms with E-state index in [1.54, 1.807) is 20.8 Å². The molecular formula is C12H16FNO3. The molecule has 0 bridgehead atoms. The maximum absolute atomic E-state index is 13.2. The Labute approximate surface area is 99.5 Å². The lowest BCUT2D eigenvalue weighted by molar-refractivity contribution is -0.158. The molecule has 0 fully saturated rings. The summed E-state index contributed by atoms with van der Waals surface area (Å²) in [5.41, 5.74) is 4.20. The van der Waals surface area contributed by atoms with Gasteiger partial charge in [0.15, 0.2) is 5.60 Å². The van der Waals surface area contributed by atoms with Gasteiger partial charge in [0, 0.05) is 6.07 Å². The summed E-state index contributed by atoms with van der Waals surface area (Å²) in [7, 11) is 0. The van der Waals surface area contributed by atoms with Gasteiger partial charge in [0.05, 0.1) is 12.3 Å². The zero-order valence-electron chi connectivity index (χ0n) is 10.1. The van der Waals surface area contributed by atoms with Gasteiger partial charge in [-0.2, -0.15) is 0 Å². The molecule has 4 nitrogen and oxygen atoms in total. The molecule has 0 saturated carbocycles. The first-order valence-electron chi connectivity index (χ1n) is 5.28. The van der Waals surface area contributed by atoms with Gasteiger partial charge in [0.1, 0.15) is 11.6 Å². The minimum absolute atomic E-state index is 0.0336. The highest BCUT2D eigenvalue weighted by Gasteiger charge is 2.31. The van der Waals surface area contributed by atoms with Crippen molar-refractivity contribution in [3.05, 3.63) is 24.0 Å². The van der Waals surface area contributed by atoms with Crippen LogP contribution in [0.15, 0.2) is 18.2 Å². The summed E-state index contributed by atoms with van der Waals surface area (Å²) in [6.45, 7) is 5.08. The molecule has 17 heavy (non-hydrogen) atoms. The van der Waals surface area contributed by atoms with Crippen molar-refractivity contribution in [3.63, 3.8) is 0 Å². The molecule has 0 atom stereocenters. The number of benzene rings is 1. The average molecular weight is 241 g/mol. The Bertz CT molecular complexity index is 418. The van der Waals surface area contributed by atoms with Crippen LogP contribution in [0, 0.1) is 5.82 Å². The summed E-state index contributed by atoms with van der Waals surface area (Å²) in [6, 6.07) is 4.02. The number of halogens is 1. The molecule has 1 rings (SSSR count). The van der Waals surface area contributed by atoms with Crippen molar-refractivity contribution < 1.29 is 18.7 Å². The Hall–Kier alpha value is -1.78. The summed E-state index contributed by atoms with van der Waals surface area (Å²) >= 11 is 0. The van der Waals surface area contributed by atoms with Crippen molar-refractivity contribution in [2.75, 3.05) is 12.3 Å². The maximum atomic E-state index is 13.2. The molecule has 0 spiro atoms. The van der Waals surface area contributed by atoms with Crippen LogP contribution >= 0.6 is 0 Å². The second kappa shape index (κ2) is 5.03. The number of carbonyl (C=O) groups is 1. The van der Waals surface area contributed by atoms with Crippen molar-refractivity contribution in [3.8, 4) is 5.75 Å². The number of nitrogens with two attached hydrogens (primary N) is 1. The first-order chi connectivity index (χ1) is 7.86. The van der Waals surface area contributed by atoms with Crippen LogP contribution in [-0.4, -0.2) is 18.2 Å². The van der Waals surface area contributed by atoms with E-state index in [4.69, 9.17) is 15.2 Å². The van der Waals surface area contributed by atoms with Crippen LogP contribution in [-0.2, 0) is 9.53 Å². The molecule has 0 aliphatic carbocycles. The predicted octanol–water partition coefficient (Wildman–Crippen LogP) is 2.13. The lowest BCUT2D eigenvalue weighted by Gasteiger charge is -2.24. The number of esters is 1.